The van der Waals surface area contributed by atoms with Crippen LogP contribution in [0.3, 0.4) is 0 Å². The highest BCUT2D eigenvalue weighted by molar-refractivity contribution is 5.90. The van der Waals surface area contributed by atoms with Gasteiger partial charge in [0.25, 0.3) is 0 Å². The number of carbonyl (C=O) groups excluding carboxylic acids is 4. The lowest BCUT2D eigenvalue weighted by atomic mass is 9.96. The van der Waals surface area contributed by atoms with E-state index in [2.05, 4.69) is 25.8 Å². The van der Waals surface area contributed by atoms with E-state index in [1.807, 2.05) is 45.0 Å². The highest BCUT2D eigenvalue weighted by Gasteiger charge is 2.41. The molecule has 2 atom stereocenters. The van der Waals surface area contributed by atoms with Crippen LogP contribution in [0.15, 0.2) is 41.3 Å². The van der Waals surface area contributed by atoms with Crippen LogP contribution in [0.5, 0.6) is 0 Å². The van der Waals surface area contributed by atoms with E-state index in [4.69, 9.17) is 9.47 Å². The van der Waals surface area contributed by atoms with Gasteiger partial charge >= 0.3 is 23.9 Å². The van der Waals surface area contributed by atoms with Crippen LogP contribution >= 0.6 is 0 Å². The van der Waals surface area contributed by atoms with Crippen molar-refractivity contribution < 1.29 is 28.7 Å². The molecule has 2 aromatic rings. The van der Waals surface area contributed by atoms with E-state index >= 15 is 0 Å². The fourth-order valence-corrected chi connectivity index (χ4v) is 7.08. The molecular weight excluding hydrogens is 668 g/mol. The Kier molecular flexibility index (Phi) is 11.2. The first-order valence-corrected chi connectivity index (χ1v) is 18.1. The number of piperazine rings is 1. The second-order valence-electron chi connectivity index (χ2n) is 16.5. The number of anilines is 1. The van der Waals surface area contributed by atoms with Crippen molar-refractivity contribution in [2.24, 2.45) is 0 Å². The van der Waals surface area contributed by atoms with Crippen LogP contribution in [0.2, 0.25) is 0 Å². The number of alkyl carbamates (subject to hydrolysis) is 2. The highest BCUT2D eigenvalue weighted by Crippen LogP contribution is 2.37. The summed E-state index contributed by atoms with van der Waals surface area (Å²) < 4.78 is 12.2. The van der Waals surface area contributed by atoms with Crippen LogP contribution in [-0.2, 0) is 20.8 Å². The number of nitrogens with one attached hydrogen (secondary N) is 3. The Morgan fingerprint density at radius 1 is 0.788 bits per heavy atom. The topological polar surface area (TPSA) is 167 Å². The van der Waals surface area contributed by atoms with Crippen molar-refractivity contribution in [2.75, 3.05) is 31.5 Å². The van der Waals surface area contributed by atoms with Crippen LogP contribution in [0.4, 0.5) is 20.2 Å². The van der Waals surface area contributed by atoms with E-state index in [0.29, 0.717) is 17.8 Å². The molecule has 2 unspecified atom stereocenters. The second-order valence-corrected chi connectivity index (χ2v) is 16.5. The molecule has 3 N–H and O–H groups in total. The summed E-state index contributed by atoms with van der Waals surface area (Å²) in [4.78, 5) is 73.5. The molecule has 5 rings (SSSR count). The predicted molar refractivity (Wildman–Crippen MR) is 195 cm³/mol. The molecule has 4 heterocycles. The smallest absolute Gasteiger partial charge is 0.408 e. The number of hydrogen-bond acceptors (Lipinski definition) is 9. The Morgan fingerprint density at radius 3 is 1.90 bits per heavy atom. The molecule has 0 radical (unpaired) electrons. The Hall–Kier alpha value is -4.66. The quantitative estimate of drug-likeness (QED) is 0.379. The predicted octanol–water partition coefficient (Wildman–Crippen LogP) is 4.23. The van der Waals surface area contributed by atoms with Gasteiger partial charge in [0.05, 0.1) is 5.69 Å². The van der Waals surface area contributed by atoms with Gasteiger partial charge in [-0.3, -0.25) is 19.6 Å². The largest absolute Gasteiger partial charge is 0.444 e. The molecule has 0 spiro atoms. The van der Waals surface area contributed by atoms with Gasteiger partial charge in [0, 0.05) is 57.0 Å². The van der Waals surface area contributed by atoms with Gasteiger partial charge in [-0.25, -0.2) is 19.2 Å². The maximum Gasteiger partial charge on any atom is 0.408 e. The van der Waals surface area contributed by atoms with Gasteiger partial charge in [0.15, 0.2) is 0 Å². The lowest BCUT2D eigenvalue weighted by Crippen LogP contribution is -2.60. The Bertz CT molecular complexity index is 1670. The number of urea groups is 1. The van der Waals surface area contributed by atoms with Gasteiger partial charge in [-0.15, -0.1) is 0 Å². The summed E-state index contributed by atoms with van der Waals surface area (Å²) in [6, 6.07) is 9.84. The third-order valence-electron chi connectivity index (χ3n) is 9.43. The SMILES string of the molecule is CC(C)(C)OC(=O)NC1CC2CCC(C1)N2Cc1ccc(-n2ccc(NC(=O)N3CCN(C(=O)C(C)(C)NC(=O)OC(C)(C)C)CC3)nc2=O)cc1. The first-order valence-electron chi connectivity index (χ1n) is 18.1. The number of rotatable bonds is 7. The van der Waals surface area contributed by atoms with Crippen LogP contribution in [0, 0.1) is 0 Å². The first kappa shape index (κ1) is 38.6. The monoisotopic (exact) mass is 722 g/mol. The molecule has 3 fully saturated rings. The number of piperidine rings is 1. The number of nitrogens with zero attached hydrogens (tertiary/aromatic N) is 5. The summed E-state index contributed by atoms with van der Waals surface area (Å²) in [6.07, 6.45) is 4.52. The molecule has 5 amide bonds. The molecule has 3 aliphatic rings. The maximum atomic E-state index is 13.2. The fourth-order valence-electron chi connectivity index (χ4n) is 7.08. The van der Waals surface area contributed by atoms with Crippen molar-refractivity contribution in [3.05, 3.63) is 52.6 Å². The van der Waals surface area contributed by atoms with Gasteiger partial charge in [-0.2, -0.15) is 4.98 Å². The normalized spacial score (nSPS) is 21.0. The molecule has 3 aliphatic heterocycles. The van der Waals surface area contributed by atoms with Crippen molar-refractivity contribution in [3.8, 4) is 5.69 Å². The standard InChI is InChI=1S/C37H54N8O7/c1-35(2,3)51-33(49)38-25-21-27-13-14-28(22-25)45(27)23-24-9-11-26(12-10-24)44-16-15-29(40-32(44)48)39-31(47)43-19-17-42(18-20-43)30(46)37(7,8)41-34(50)52-36(4,5)6/h9-12,15-16,25,27-28H,13-14,17-23H2,1-8H3,(H,38,49)(H,41,50)(H,39,40,47,48). The molecule has 0 aliphatic carbocycles. The van der Waals surface area contributed by atoms with Gasteiger partial charge in [-0.05, 0) is 105 Å². The van der Waals surface area contributed by atoms with E-state index in [1.54, 1.807) is 56.7 Å². The zero-order valence-electron chi connectivity index (χ0n) is 31.7. The minimum absolute atomic E-state index is 0.105. The summed E-state index contributed by atoms with van der Waals surface area (Å²) in [5.41, 5.74) is -1.15. The summed E-state index contributed by atoms with van der Waals surface area (Å²) >= 11 is 0. The lowest BCUT2D eigenvalue weighted by Gasteiger charge is -2.39. The number of benzene rings is 1. The average molecular weight is 723 g/mol. The number of hydrogen-bond donors (Lipinski definition) is 3. The minimum Gasteiger partial charge on any atom is -0.444 e. The van der Waals surface area contributed by atoms with E-state index < -0.39 is 34.6 Å². The molecule has 1 aromatic heterocycles. The van der Waals surface area contributed by atoms with Crippen molar-refractivity contribution >= 4 is 29.9 Å². The van der Waals surface area contributed by atoms with Crippen LogP contribution < -0.4 is 21.6 Å². The fraction of sp³-hybridized carbons (Fsp3) is 0.622. The van der Waals surface area contributed by atoms with Gasteiger partial charge in [-0.1, -0.05) is 12.1 Å². The third kappa shape index (κ3) is 10.0. The maximum absolute atomic E-state index is 13.2. The van der Waals surface area contributed by atoms with Crippen molar-refractivity contribution in [3.63, 3.8) is 0 Å². The molecule has 3 saturated heterocycles. The molecule has 2 bridgehead atoms. The summed E-state index contributed by atoms with van der Waals surface area (Å²) in [7, 11) is 0. The number of amides is 5. The number of fused-ring (bicyclic) bond motifs is 2. The molecular formula is C37H54N8O7. The number of ether oxygens (including phenoxy) is 2. The minimum atomic E-state index is -1.19. The zero-order valence-corrected chi connectivity index (χ0v) is 31.7. The Balaban J connectivity index is 1.10. The number of carbonyl (C=O) groups is 4. The Labute approximate surface area is 305 Å². The van der Waals surface area contributed by atoms with E-state index in [9.17, 15) is 24.0 Å². The molecule has 0 saturated carbocycles. The van der Waals surface area contributed by atoms with Crippen LogP contribution in [0.25, 0.3) is 5.69 Å². The van der Waals surface area contributed by atoms with E-state index in [1.165, 1.54) is 4.57 Å². The van der Waals surface area contributed by atoms with E-state index in [-0.39, 0.29) is 50.0 Å². The van der Waals surface area contributed by atoms with E-state index in [0.717, 1.165) is 37.8 Å². The van der Waals surface area contributed by atoms with Crippen molar-refractivity contribution in [2.45, 2.75) is 122 Å². The van der Waals surface area contributed by atoms with Crippen LogP contribution in [-0.4, -0.2) is 109 Å². The van der Waals surface area contributed by atoms with Crippen molar-refractivity contribution in [1.82, 2.24) is 34.9 Å². The Morgan fingerprint density at radius 2 is 1.35 bits per heavy atom. The first-order chi connectivity index (χ1) is 24.3. The van der Waals surface area contributed by atoms with Gasteiger partial charge < -0.3 is 29.9 Å². The second kappa shape index (κ2) is 15.1. The molecule has 52 heavy (non-hydrogen) atoms. The third-order valence-corrected chi connectivity index (χ3v) is 9.43. The zero-order chi connectivity index (χ0) is 38.0. The summed E-state index contributed by atoms with van der Waals surface area (Å²) in [5, 5.41) is 8.39. The van der Waals surface area contributed by atoms with Gasteiger partial charge in [0.1, 0.15) is 22.6 Å². The molecule has 1 aromatic carbocycles. The lowest BCUT2D eigenvalue weighted by molar-refractivity contribution is -0.138. The summed E-state index contributed by atoms with van der Waals surface area (Å²) in [5.74, 6) is -0.151. The average Bonchev–Trinajstić information content (AvgIpc) is 3.25. The van der Waals surface area contributed by atoms with Crippen LogP contribution in [0.1, 0.15) is 86.6 Å². The highest BCUT2D eigenvalue weighted by atomic mass is 16.6. The summed E-state index contributed by atoms with van der Waals surface area (Å²) in [6.45, 7) is 15.9. The molecule has 15 nitrogen and oxygen atoms in total. The van der Waals surface area contributed by atoms with Gasteiger partial charge in [0.2, 0.25) is 5.91 Å². The number of aromatic nitrogens is 2. The van der Waals surface area contributed by atoms with Crippen molar-refractivity contribution in [1.29, 1.82) is 0 Å². The molecule has 15 heteroatoms. The molecule has 284 valence electrons.